The van der Waals surface area contributed by atoms with Gasteiger partial charge in [0.25, 0.3) is 5.91 Å². The Bertz CT molecular complexity index is 462. The Balaban J connectivity index is 2.12. The molecule has 0 saturated carbocycles. The number of nitrogens with zero attached hydrogens (tertiary/aromatic N) is 2. The lowest BCUT2D eigenvalue weighted by Gasteiger charge is -2.19. The normalized spacial score (nSPS) is 17.1. The summed E-state index contributed by atoms with van der Waals surface area (Å²) in [6, 6.07) is 5.87. The van der Waals surface area contributed by atoms with E-state index in [0.29, 0.717) is 0 Å². The molecular weight excluding hydrogens is 244 g/mol. The Kier molecular flexibility index (Phi) is 4.54. The fraction of sp³-hybridized carbons (Fsp3) is 0.429. The van der Waals surface area contributed by atoms with Gasteiger partial charge in [-0.3, -0.25) is 4.79 Å². The van der Waals surface area contributed by atoms with Gasteiger partial charge in [0.1, 0.15) is 11.6 Å². The van der Waals surface area contributed by atoms with Crippen LogP contribution < -0.4 is 0 Å². The highest BCUT2D eigenvalue weighted by Gasteiger charge is 2.19. The van der Waals surface area contributed by atoms with Crippen LogP contribution in [0.25, 0.3) is 6.08 Å². The molecule has 1 fully saturated rings. The van der Waals surface area contributed by atoms with Gasteiger partial charge in [-0.2, -0.15) is 5.26 Å². The fourth-order valence-electron chi connectivity index (χ4n) is 2.10. The molecule has 18 heavy (non-hydrogen) atoms. The molecule has 0 N–H and O–H groups in total. The molecule has 1 aromatic rings. The second kappa shape index (κ2) is 6.36. The molecule has 0 radical (unpaired) electrons. The van der Waals surface area contributed by atoms with Crippen molar-refractivity contribution in [2.75, 3.05) is 13.1 Å². The maximum atomic E-state index is 12.2. The molecular formula is C14H16N2OS. The van der Waals surface area contributed by atoms with Gasteiger partial charge in [0.05, 0.1) is 0 Å². The Labute approximate surface area is 111 Å². The van der Waals surface area contributed by atoms with Crippen LogP contribution in [-0.4, -0.2) is 23.9 Å². The molecule has 0 aromatic carbocycles. The van der Waals surface area contributed by atoms with E-state index in [0.717, 1.165) is 30.8 Å². The van der Waals surface area contributed by atoms with E-state index >= 15 is 0 Å². The molecule has 0 unspecified atom stereocenters. The molecule has 1 aliphatic rings. The second-order valence-corrected chi connectivity index (χ2v) is 5.37. The van der Waals surface area contributed by atoms with Gasteiger partial charge in [0.2, 0.25) is 0 Å². The lowest BCUT2D eigenvalue weighted by atomic mass is 10.2. The highest BCUT2D eigenvalue weighted by molar-refractivity contribution is 7.10. The third-order valence-electron chi connectivity index (χ3n) is 3.07. The molecule has 0 aliphatic carbocycles. The van der Waals surface area contributed by atoms with Crippen LogP contribution >= 0.6 is 11.3 Å². The van der Waals surface area contributed by atoms with Crippen molar-refractivity contribution in [2.45, 2.75) is 25.7 Å². The second-order valence-electron chi connectivity index (χ2n) is 4.39. The molecule has 3 nitrogen and oxygen atoms in total. The first kappa shape index (κ1) is 12.8. The van der Waals surface area contributed by atoms with Gasteiger partial charge in [-0.25, -0.2) is 0 Å². The van der Waals surface area contributed by atoms with E-state index in [1.165, 1.54) is 24.2 Å². The van der Waals surface area contributed by atoms with E-state index in [4.69, 9.17) is 5.26 Å². The lowest BCUT2D eigenvalue weighted by molar-refractivity contribution is -0.126. The number of hydrogen-bond acceptors (Lipinski definition) is 3. The molecule has 0 bridgehead atoms. The SMILES string of the molecule is N#C/C(=C/c1cccs1)C(=O)N1CCCCCC1. The average Bonchev–Trinajstić information content (AvgIpc) is 2.75. The summed E-state index contributed by atoms with van der Waals surface area (Å²) in [6.45, 7) is 1.56. The van der Waals surface area contributed by atoms with E-state index in [-0.39, 0.29) is 11.5 Å². The van der Waals surface area contributed by atoms with Crippen LogP contribution in [0.2, 0.25) is 0 Å². The van der Waals surface area contributed by atoms with Gasteiger partial charge < -0.3 is 4.90 Å². The summed E-state index contributed by atoms with van der Waals surface area (Å²) >= 11 is 1.54. The maximum Gasteiger partial charge on any atom is 0.264 e. The first-order valence-corrected chi connectivity index (χ1v) is 7.14. The number of thiophene rings is 1. The van der Waals surface area contributed by atoms with Crippen LogP contribution in [0.4, 0.5) is 0 Å². The van der Waals surface area contributed by atoms with Crippen molar-refractivity contribution in [3.05, 3.63) is 28.0 Å². The van der Waals surface area contributed by atoms with E-state index in [1.807, 2.05) is 28.5 Å². The number of amides is 1. The van der Waals surface area contributed by atoms with Crippen LogP contribution in [0.15, 0.2) is 23.1 Å². The van der Waals surface area contributed by atoms with Crippen LogP contribution in [0.5, 0.6) is 0 Å². The molecule has 1 aromatic heterocycles. The largest absolute Gasteiger partial charge is 0.338 e. The van der Waals surface area contributed by atoms with Crippen molar-refractivity contribution >= 4 is 23.3 Å². The number of rotatable bonds is 2. The Morgan fingerprint density at radius 2 is 2.06 bits per heavy atom. The van der Waals surface area contributed by atoms with Crippen molar-refractivity contribution in [1.29, 1.82) is 5.26 Å². The van der Waals surface area contributed by atoms with E-state index in [2.05, 4.69) is 0 Å². The molecule has 1 amide bonds. The van der Waals surface area contributed by atoms with Gasteiger partial charge in [-0.1, -0.05) is 18.9 Å². The number of carbonyl (C=O) groups is 1. The minimum atomic E-state index is -0.118. The summed E-state index contributed by atoms with van der Waals surface area (Å²) in [4.78, 5) is 15.0. The number of nitriles is 1. The van der Waals surface area contributed by atoms with Crippen LogP contribution in [0, 0.1) is 11.3 Å². The topological polar surface area (TPSA) is 44.1 Å². The quantitative estimate of drug-likeness (QED) is 0.606. The molecule has 94 valence electrons. The van der Waals surface area contributed by atoms with Crippen molar-refractivity contribution in [1.82, 2.24) is 4.90 Å². The first-order valence-electron chi connectivity index (χ1n) is 6.26. The van der Waals surface area contributed by atoms with Crippen molar-refractivity contribution in [3.8, 4) is 6.07 Å². The zero-order valence-corrected chi connectivity index (χ0v) is 11.1. The predicted molar refractivity (Wildman–Crippen MR) is 73.0 cm³/mol. The average molecular weight is 260 g/mol. The summed E-state index contributed by atoms with van der Waals surface area (Å²) in [5, 5.41) is 11.1. The fourth-order valence-corrected chi connectivity index (χ4v) is 2.76. The third kappa shape index (κ3) is 3.21. The number of hydrogen-bond donors (Lipinski definition) is 0. The van der Waals surface area contributed by atoms with Crippen molar-refractivity contribution in [2.24, 2.45) is 0 Å². The highest BCUT2D eigenvalue weighted by atomic mass is 32.1. The van der Waals surface area contributed by atoms with E-state index in [1.54, 1.807) is 6.08 Å². The molecule has 1 saturated heterocycles. The van der Waals surface area contributed by atoms with E-state index < -0.39 is 0 Å². The molecule has 0 atom stereocenters. The van der Waals surface area contributed by atoms with Gasteiger partial charge >= 0.3 is 0 Å². The zero-order valence-electron chi connectivity index (χ0n) is 10.3. The minimum Gasteiger partial charge on any atom is -0.338 e. The first-order chi connectivity index (χ1) is 8.81. The summed E-state index contributed by atoms with van der Waals surface area (Å²) in [5.41, 5.74) is 0.249. The predicted octanol–water partition coefficient (Wildman–Crippen LogP) is 3.06. The third-order valence-corrected chi connectivity index (χ3v) is 3.89. The summed E-state index contributed by atoms with van der Waals surface area (Å²) in [5.74, 6) is -0.118. The smallest absolute Gasteiger partial charge is 0.264 e. The maximum absolute atomic E-state index is 12.2. The van der Waals surface area contributed by atoms with Crippen molar-refractivity contribution in [3.63, 3.8) is 0 Å². The Hall–Kier alpha value is -1.60. The van der Waals surface area contributed by atoms with E-state index in [9.17, 15) is 4.79 Å². The summed E-state index contributed by atoms with van der Waals surface area (Å²) in [6.07, 6.45) is 6.14. The van der Waals surface area contributed by atoms with Crippen LogP contribution in [0.3, 0.4) is 0 Å². The number of carbonyl (C=O) groups excluding carboxylic acids is 1. The Morgan fingerprint density at radius 1 is 1.33 bits per heavy atom. The lowest BCUT2D eigenvalue weighted by Crippen LogP contribution is -2.32. The zero-order chi connectivity index (χ0) is 12.8. The van der Waals surface area contributed by atoms with Gasteiger partial charge in [-0.05, 0) is 30.4 Å². The standard InChI is InChI=1S/C14H16N2OS/c15-11-12(10-13-6-5-9-18-13)14(17)16-7-3-1-2-4-8-16/h5-6,9-10H,1-4,7-8H2/b12-10-. The molecule has 1 aliphatic heterocycles. The minimum absolute atomic E-state index is 0.118. The summed E-state index contributed by atoms with van der Waals surface area (Å²) in [7, 11) is 0. The molecule has 4 heteroatoms. The molecule has 2 heterocycles. The molecule has 2 rings (SSSR count). The summed E-state index contributed by atoms with van der Waals surface area (Å²) < 4.78 is 0. The van der Waals surface area contributed by atoms with Crippen molar-refractivity contribution < 1.29 is 4.79 Å². The number of likely N-dealkylation sites (tertiary alicyclic amines) is 1. The molecule has 0 spiro atoms. The highest BCUT2D eigenvalue weighted by Crippen LogP contribution is 2.16. The van der Waals surface area contributed by atoms with Crippen LogP contribution in [-0.2, 0) is 4.79 Å². The van der Waals surface area contributed by atoms with Crippen LogP contribution in [0.1, 0.15) is 30.6 Å². The Morgan fingerprint density at radius 3 is 2.61 bits per heavy atom. The van der Waals surface area contributed by atoms with Gasteiger partial charge in [-0.15, -0.1) is 11.3 Å². The van der Waals surface area contributed by atoms with Gasteiger partial charge in [0, 0.05) is 18.0 Å². The monoisotopic (exact) mass is 260 g/mol. The van der Waals surface area contributed by atoms with Gasteiger partial charge in [0.15, 0.2) is 0 Å².